The van der Waals surface area contributed by atoms with Gasteiger partial charge in [0.2, 0.25) is 5.75 Å². The second-order valence-electron chi connectivity index (χ2n) is 4.01. The molecule has 0 amide bonds. The second-order valence-corrected chi connectivity index (χ2v) is 5.87. The molecule has 1 heterocycles. The van der Waals surface area contributed by atoms with E-state index >= 15 is 0 Å². The zero-order valence-electron chi connectivity index (χ0n) is 11.3. The summed E-state index contributed by atoms with van der Waals surface area (Å²) in [6.07, 6.45) is 0. The van der Waals surface area contributed by atoms with Crippen molar-refractivity contribution in [3.63, 3.8) is 0 Å². The average Bonchev–Trinajstić information content (AvgIpc) is 2.89. The molecule has 0 saturated heterocycles. The molecule has 0 unspecified atom stereocenters. The Morgan fingerprint density at radius 1 is 1.20 bits per heavy atom. The highest BCUT2D eigenvalue weighted by Crippen LogP contribution is 2.39. The van der Waals surface area contributed by atoms with E-state index in [1.807, 2.05) is 23.6 Å². The zero-order chi connectivity index (χ0) is 14.5. The first-order chi connectivity index (χ1) is 9.69. The van der Waals surface area contributed by atoms with Gasteiger partial charge in [-0.3, -0.25) is 0 Å². The lowest BCUT2D eigenvalue weighted by Gasteiger charge is -2.15. The van der Waals surface area contributed by atoms with E-state index in [9.17, 15) is 0 Å². The quantitative estimate of drug-likeness (QED) is 0.858. The second kappa shape index (κ2) is 6.97. The summed E-state index contributed by atoms with van der Waals surface area (Å²) < 4.78 is 17.6. The van der Waals surface area contributed by atoms with Crippen molar-refractivity contribution in [2.24, 2.45) is 5.73 Å². The van der Waals surface area contributed by atoms with Gasteiger partial charge in [0.25, 0.3) is 0 Å². The van der Waals surface area contributed by atoms with Crippen LogP contribution in [0.25, 0.3) is 0 Å². The first-order valence-electron chi connectivity index (χ1n) is 5.99. The number of benzene rings is 1. The normalized spacial score (nSPS) is 10.4. The molecule has 0 radical (unpaired) electrons. The van der Waals surface area contributed by atoms with Crippen LogP contribution in [0, 0.1) is 0 Å². The highest BCUT2D eigenvalue weighted by atomic mass is 79.9. The van der Waals surface area contributed by atoms with Crippen molar-refractivity contribution in [3.05, 3.63) is 38.5 Å². The molecule has 0 fully saturated rings. The van der Waals surface area contributed by atoms with Crippen LogP contribution in [0.15, 0.2) is 28.1 Å². The van der Waals surface area contributed by atoms with Gasteiger partial charge in [0.1, 0.15) is 6.61 Å². The molecule has 0 spiro atoms. The lowest BCUT2D eigenvalue weighted by molar-refractivity contribution is 0.267. The van der Waals surface area contributed by atoms with Crippen LogP contribution in [0.1, 0.15) is 10.4 Å². The fourth-order valence-corrected chi connectivity index (χ4v) is 3.14. The van der Waals surface area contributed by atoms with Gasteiger partial charge in [-0.2, -0.15) is 0 Å². The van der Waals surface area contributed by atoms with E-state index < -0.39 is 0 Å². The summed E-state index contributed by atoms with van der Waals surface area (Å²) in [5.74, 6) is 1.84. The molecule has 20 heavy (non-hydrogen) atoms. The van der Waals surface area contributed by atoms with Gasteiger partial charge in [-0.15, -0.1) is 11.3 Å². The Morgan fingerprint density at radius 2 is 1.85 bits per heavy atom. The predicted octanol–water partition coefficient (Wildman–Crippen LogP) is 3.57. The highest BCUT2D eigenvalue weighted by Gasteiger charge is 2.15. The minimum Gasteiger partial charge on any atom is -0.493 e. The molecule has 4 nitrogen and oxygen atoms in total. The van der Waals surface area contributed by atoms with Crippen LogP contribution in [0.3, 0.4) is 0 Å². The largest absolute Gasteiger partial charge is 0.493 e. The molecule has 0 atom stereocenters. The van der Waals surface area contributed by atoms with Crippen LogP contribution < -0.4 is 19.9 Å². The van der Waals surface area contributed by atoms with Gasteiger partial charge in [0.15, 0.2) is 11.5 Å². The number of hydrogen-bond donors (Lipinski definition) is 1. The lowest BCUT2D eigenvalue weighted by atomic mass is 10.2. The topological polar surface area (TPSA) is 53.7 Å². The molecule has 1 aromatic carbocycles. The van der Waals surface area contributed by atoms with Crippen LogP contribution in [-0.4, -0.2) is 14.2 Å². The Labute approximate surface area is 130 Å². The van der Waals surface area contributed by atoms with E-state index in [1.165, 1.54) is 0 Å². The summed E-state index contributed by atoms with van der Waals surface area (Å²) in [7, 11) is 3.20. The Kier molecular flexibility index (Phi) is 5.28. The number of methoxy groups -OCH3 is 2. The third kappa shape index (κ3) is 3.26. The van der Waals surface area contributed by atoms with E-state index in [0.29, 0.717) is 30.4 Å². The Bertz CT molecular complexity index is 561. The van der Waals surface area contributed by atoms with Crippen molar-refractivity contribution >= 4 is 27.3 Å². The van der Waals surface area contributed by atoms with Crippen molar-refractivity contribution in [2.45, 2.75) is 13.2 Å². The van der Waals surface area contributed by atoms with Crippen LogP contribution in [0.2, 0.25) is 0 Å². The van der Waals surface area contributed by atoms with E-state index in [0.717, 1.165) is 14.9 Å². The zero-order valence-corrected chi connectivity index (χ0v) is 13.7. The maximum absolute atomic E-state index is 5.86. The van der Waals surface area contributed by atoms with Crippen LogP contribution in [0.4, 0.5) is 0 Å². The highest BCUT2D eigenvalue weighted by molar-refractivity contribution is 9.10. The SMILES string of the molecule is COc1cc(CN)cc(OC)c1OCc1sccc1Br. The minimum atomic E-state index is 0.420. The third-order valence-corrected chi connectivity index (χ3v) is 4.69. The van der Waals surface area contributed by atoms with Gasteiger partial charge in [-0.1, -0.05) is 0 Å². The molecule has 0 aliphatic rings. The van der Waals surface area contributed by atoms with Crippen molar-refractivity contribution in [3.8, 4) is 17.2 Å². The van der Waals surface area contributed by atoms with Crippen molar-refractivity contribution in [1.82, 2.24) is 0 Å². The number of thiophene rings is 1. The molecule has 1 aromatic heterocycles. The van der Waals surface area contributed by atoms with Crippen molar-refractivity contribution < 1.29 is 14.2 Å². The Morgan fingerprint density at radius 3 is 2.30 bits per heavy atom. The van der Waals surface area contributed by atoms with Crippen LogP contribution >= 0.6 is 27.3 Å². The third-order valence-electron chi connectivity index (χ3n) is 2.79. The first-order valence-corrected chi connectivity index (χ1v) is 7.66. The fraction of sp³-hybridized carbons (Fsp3) is 0.286. The van der Waals surface area contributed by atoms with Gasteiger partial charge in [-0.25, -0.2) is 0 Å². The number of rotatable bonds is 6. The summed E-state index contributed by atoms with van der Waals surface area (Å²) in [4.78, 5) is 1.11. The molecule has 0 bridgehead atoms. The molecule has 108 valence electrons. The Balaban J connectivity index is 2.27. The van der Waals surface area contributed by atoms with Crippen molar-refractivity contribution in [1.29, 1.82) is 0 Å². The van der Waals surface area contributed by atoms with Gasteiger partial charge in [0.05, 0.1) is 19.1 Å². The van der Waals surface area contributed by atoms with Gasteiger partial charge >= 0.3 is 0 Å². The number of ether oxygens (including phenoxy) is 3. The first kappa shape index (κ1) is 15.2. The minimum absolute atomic E-state index is 0.420. The standard InChI is InChI=1S/C14H16BrNO3S/c1-17-11-5-9(7-16)6-12(18-2)14(11)19-8-13-10(15)3-4-20-13/h3-6H,7-8,16H2,1-2H3. The molecular weight excluding hydrogens is 342 g/mol. The van der Waals surface area contributed by atoms with E-state index in [2.05, 4.69) is 15.9 Å². The number of hydrogen-bond acceptors (Lipinski definition) is 5. The van der Waals surface area contributed by atoms with Gasteiger partial charge < -0.3 is 19.9 Å². The van der Waals surface area contributed by atoms with E-state index in [-0.39, 0.29) is 0 Å². The van der Waals surface area contributed by atoms with Gasteiger partial charge in [-0.05, 0) is 45.1 Å². The van der Waals surface area contributed by atoms with Crippen molar-refractivity contribution in [2.75, 3.05) is 14.2 Å². The summed E-state index contributed by atoms with van der Waals surface area (Å²) in [5.41, 5.74) is 6.60. The number of nitrogens with two attached hydrogens (primary N) is 1. The predicted molar refractivity (Wildman–Crippen MR) is 83.8 cm³/mol. The molecule has 0 aliphatic heterocycles. The molecule has 6 heteroatoms. The average molecular weight is 358 g/mol. The van der Waals surface area contributed by atoms with E-state index in [4.69, 9.17) is 19.9 Å². The monoisotopic (exact) mass is 357 g/mol. The van der Waals surface area contributed by atoms with E-state index in [1.54, 1.807) is 25.6 Å². The molecule has 2 N–H and O–H groups in total. The maximum Gasteiger partial charge on any atom is 0.203 e. The molecule has 2 aromatic rings. The van der Waals surface area contributed by atoms with Crippen LogP contribution in [0.5, 0.6) is 17.2 Å². The molecule has 0 aliphatic carbocycles. The van der Waals surface area contributed by atoms with Crippen LogP contribution in [-0.2, 0) is 13.2 Å². The molecule has 2 rings (SSSR count). The van der Waals surface area contributed by atoms with Gasteiger partial charge in [0, 0.05) is 11.0 Å². The summed E-state index contributed by atoms with van der Waals surface area (Å²) >= 11 is 5.12. The maximum atomic E-state index is 5.86. The smallest absolute Gasteiger partial charge is 0.203 e. The summed E-state index contributed by atoms with van der Waals surface area (Å²) in [5, 5.41) is 2.01. The molecular formula is C14H16BrNO3S. The summed E-state index contributed by atoms with van der Waals surface area (Å²) in [6.45, 7) is 0.871. The molecule has 0 saturated carbocycles. The number of halogens is 1. The Hall–Kier alpha value is -1.24. The summed E-state index contributed by atoms with van der Waals surface area (Å²) in [6, 6.07) is 5.72. The lowest BCUT2D eigenvalue weighted by Crippen LogP contribution is -2.02. The fourth-order valence-electron chi connectivity index (χ4n) is 1.76.